The van der Waals surface area contributed by atoms with Crippen LogP contribution in [0.1, 0.15) is 5.82 Å². The van der Waals surface area contributed by atoms with Gasteiger partial charge in [0.25, 0.3) is 0 Å². The molecule has 0 saturated carbocycles. The predicted octanol–water partition coefficient (Wildman–Crippen LogP) is 0.855. The van der Waals surface area contributed by atoms with E-state index in [1.807, 2.05) is 17.9 Å². The van der Waals surface area contributed by atoms with E-state index in [0.717, 1.165) is 11.6 Å². The van der Waals surface area contributed by atoms with Gasteiger partial charge < -0.3 is 9.67 Å². The van der Waals surface area contributed by atoms with Crippen LogP contribution in [0.3, 0.4) is 0 Å². The predicted molar refractivity (Wildman–Crippen MR) is 56.6 cm³/mol. The summed E-state index contributed by atoms with van der Waals surface area (Å²) >= 11 is 2.84. The third-order valence-electron chi connectivity index (χ3n) is 1.52. The molecule has 0 radical (unpaired) electrons. The highest BCUT2D eigenvalue weighted by atomic mass is 32.2. The van der Waals surface area contributed by atoms with Crippen LogP contribution >= 0.6 is 23.5 Å². The molecule has 0 aliphatic carbocycles. The lowest BCUT2D eigenvalue weighted by Crippen LogP contribution is -2.01. The summed E-state index contributed by atoms with van der Waals surface area (Å²) in [5.41, 5.74) is 0. The smallest absolute Gasteiger partial charge is 0.313 e. The second-order valence-corrected chi connectivity index (χ2v) is 4.38. The molecular formula is C7H11N3O2S2. The van der Waals surface area contributed by atoms with E-state index in [-0.39, 0.29) is 5.75 Å². The van der Waals surface area contributed by atoms with Crippen LogP contribution in [-0.4, -0.2) is 37.8 Å². The molecule has 0 bridgehead atoms. The lowest BCUT2D eigenvalue weighted by atomic mass is 10.7. The maximum atomic E-state index is 10.3. The molecule has 0 atom stereocenters. The van der Waals surface area contributed by atoms with Crippen molar-refractivity contribution in [2.24, 2.45) is 7.05 Å². The summed E-state index contributed by atoms with van der Waals surface area (Å²) in [7, 11) is 1.84. The molecule has 1 N–H and O–H groups in total. The summed E-state index contributed by atoms with van der Waals surface area (Å²) in [5.74, 6) is 0.831. The maximum Gasteiger partial charge on any atom is 0.313 e. The first-order valence-corrected chi connectivity index (χ1v) is 6.25. The van der Waals surface area contributed by atoms with Gasteiger partial charge in [-0.1, -0.05) is 11.8 Å². The molecule has 0 amide bonds. The van der Waals surface area contributed by atoms with E-state index in [1.54, 1.807) is 11.8 Å². The zero-order valence-electron chi connectivity index (χ0n) is 7.93. The van der Waals surface area contributed by atoms with Crippen molar-refractivity contribution < 1.29 is 9.90 Å². The third kappa shape index (κ3) is 2.91. The van der Waals surface area contributed by atoms with Gasteiger partial charge >= 0.3 is 5.97 Å². The Morgan fingerprint density at radius 1 is 1.57 bits per heavy atom. The summed E-state index contributed by atoms with van der Waals surface area (Å²) in [4.78, 5) is 10.3. The van der Waals surface area contributed by atoms with Crippen molar-refractivity contribution in [1.29, 1.82) is 0 Å². The molecule has 7 heteroatoms. The Balaban J connectivity index is 2.64. The molecule has 1 aromatic rings. The third-order valence-corrected chi connectivity index (χ3v) is 3.08. The van der Waals surface area contributed by atoms with Crippen molar-refractivity contribution >= 4 is 29.5 Å². The average molecular weight is 233 g/mol. The first kappa shape index (κ1) is 11.4. The van der Waals surface area contributed by atoms with Crippen LogP contribution in [0.25, 0.3) is 0 Å². The summed E-state index contributed by atoms with van der Waals surface area (Å²) < 4.78 is 1.82. The fraction of sp³-hybridized carbons (Fsp3) is 0.571. The van der Waals surface area contributed by atoms with Crippen molar-refractivity contribution in [3.8, 4) is 0 Å². The summed E-state index contributed by atoms with van der Waals surface area (Å²) in [5, 5.41) is 17.0. The molecule has 78 valence electrons. The van der Waals surface area contributed by atoms with Gasteiger partial charge in [0.1, 0.15) is 5.82 Å². The van der Waals surface area contributed by atoms with E-state index < -0.39 is 5.97 Å². The highest BCUT2D eigenvalue weighted by molar-refractivity contribution is 7.99. The van der Waals surface area contributed by atoms with E-state index in [2.05, 4.69) is 10.2 Å². The van der Waals surface area contributed by atoms with Gasteiger partial charge in [-0.15, -0.1) is 10.2 Å². The Hall–Kier alpha value is -0.690. The minimum atomic E-state index is -0.843. The minimum Gasteiger partial charge on any atom is -0.481 e. The van der Waals surface area contributed by atoms with E-state index in [9.17, 15) is 4.79 Å². The van der Waals surface area contributed by atoms with Gasteiger partial charge in [-0.25, -0.2) is 0 Å². The van der Waals surface area contributed by atoms with Crippen molar-refractivity contribution in [3.63, 3.8) is 0 Å². The Morgan fingerprint density at radius 3 is 2.86 bits per heavy atom. The molecule has 0 saturated heterocycles. The van der Waals surface area contributed by atoms with Crippen LogP contribution < -0.4 is 0 Å². The van der Waals surface area contributed by atoms with Crippen molar-refractivity contribution in [3.05, 3.63) is 5.82 Å². The number of carbonyl (C=O) groups is 1. The van der Waals surface area contributed by atoms with Crippen LogP contribution in [0.4, 0.5) is 0 Å². The Kier molecular flexibility index (Phi) is 4.27. The topological polar surface area (TPSA) is 68.0 Å². The number of aromatic nitrogens is 3. The molecule has 1 rings (SSSR count). The summed E-state index contributed by atoms with van der Waals surface area (Å²) in [6.45, 7) is 0. The van der Waals surface area contributed by atoms with Crippen LogP contribution in [0.15, 0.2) is 5.16 Å². The number of rotatable bonds is 5. The largest absolute Gasteiger partial charge is 0.481 e. The second kappa shape index (κ2) is 5.26. The van der Waals surface area contributed by atoms with E-state index in [4.69, 9.17) is 5.11 Å². The number of hydrogen-bond donors (Lipinski definition) is 1. The monoisotopic (exact) mass is 233 g/mol. The molecule has 0 aliphatic heterocycles. The first-order valence-electron chi connectivity index (χ1n) is 3.87. The van der Waals surface area contributed by atoms with Gasteiger partial charge in [0.05, 0.1) is 11.5 Å². The Labute approximate surface area is 90.3 Å². The fourth-order valence-corrected chi connectivity index (χ4v) is 2.01. The molecule has 1 aromatic heterocycles. The van der Waals surface area contributed by atoms with Gasteiger partial charge in [-0.3, -0.25) is 4.79 Å². The standard InChI is InChI=1S/C7H11N3O2S2/c1-10-5(3-13-2)8-9-7(10)14-4-6(11)12/h3-4H2,1-2H3,(H,11,12). The van der Waals surface area contributed by atoms with Crippen molar-refractivity contribution in [2.45, 2.75) is 10.9 Å². The maximum absolute atomic E-state index is 10.3. The highest BCUT2D eigenvalue weighted by Crippen LogP contribution is 2.16. The van der Waals surface area contributed by atoms with Crippen LogP contribution in [0, 0.1) is 0 Å². The molecule has 0 unspecified atom stereocenters. The van der Waals surface area contributed by atoms with Gasteiger partial charge in [-0.2, -0.15) is 11.8 Å². The fourth-order valence-electron chi connectivity index (χ4n) is 0.852. The number of thioether (sulfide) groups is 2. The van der Waals surface area contributed by atoms with Crippen molar-refractivity contribution in [2.75, 3.05) is 12.0 Å². The lowest BCUT2D eigenvalue weighted by Gasteiger charge is -2.00. The number of aliphatic carboxylic acids is 1. The first-order chi connectivity index (χ1) is 6.65. The number of carboxylic acid groups (broad SMARTS) is 1. The molecule has 0 spiro atoms. The summed E-state index contributed by atoms with van der Waals surface area (Å²) in [6, 6.07) is 0. The van der Waals surface area contributed by atoms with E-state index >= 15 is 0 Å². The highest BCUT2D eigenvalue weighted by Gasteiger charge is 2.09. The van der Waals surface area contributed by atoms with Gasteiger partial charge in [0.2, 0.25) is 0 Å². The van der Waals surface area contributed by atoms with Gasteiger partial charge in [0, 0.05) is 7.05 Å². The molecule has 1 heterocycles. The quantitative estimate of drug-likeness (QED) is 0.761. The Morgan fingerprint density at radius 2 is 2.29 bits per heavy atom. The second-order valence-electron chi connectivity index (χ2n) is 2.57. The van der Waals surface area contributed by atoms with Gasteiger partial charge in [0.15, 0.2) is 5.16 Å². The van der Waals surface area contributed by atoms with Crippen molar-refractivity contribution in [1.82, 2.24) is 14.8 Å². The zero-order chi connectivity index (χ0) is 10.6. The number of hydrogen-bond acceptors (Lipinski definition) is 5. The van der Waals surface area contributed by atoms with Crippen LogP contribution in [0.2, 0.25) is 0 Å². The van der Waals surface area contributed by atoms with E-state index in [1.165, 1.54) is 11.8 Å². The molecule has 0 aromatic carbocycles. The van der Waals surface area contributed by atoms with E-state index in [0.29, 0.717) is 5.16 Å². The molecule has 0 aliphatic rings. The molecular weight excluding hydrogens is 222 g/mol. The normalized spacial score (nSPS) is 10.4. The number of nitrogens with zero attached hydrogens (tertiary/aromatic N) is 3. The van der Waals surface area contributed by atoms with Crippen LogP contribution in [-0.2, 0) is 17.6 Å². The number of carboxylic acids is 1. The molecule has 0 fully saturated rings. The average Bonchev–Trinajstić information content (AvgIpc) is 2.46. The SMILES string of the molecule is CSCc1nnc(SCC(=O)O)n1C. The minimum absolute atomic E-state index is 0.0191. The van der Waals surface area contributed by atoms with Crippen LogP contribution in [0.5, 0.6) is 0 Å². The summed E-state index contributed by atoms with van der Waals surface area (Å²) in [6.07, 6.45) is 1.98. The lowest BCUT2D eigenvalue weighted by molar-refractivity contribution is -0.133. The zero-order valence-corrected chi connectivity index (χ0v) is 9.56. The van der Waals surface area contributed by atoms with Gasteiger partial charge in [-0.05, 0) is 6.26 Å². The molecule has 5 nitrogen and oxygen atoms in total. The Bertz CT molecular complexity index is 327. The molecule has 14 heavy (non-hydrogen) atoms.